The van der Waals surface area contributed by atoms with Crippen molar-refractivity contribution < 1.29 is 14.3 Å². The van der Waals surface area contributed by atoms with Gasteiger partial charge < -0.3 is 20.1 Å². The molecular weight excluding hydrogens is 432 g/mol. The van der Waals surface area contributed by atoms with E-state index in [4.69, 9.17) is 9.47 Å². The van der Waals surface area contributed by atoms with Gasteiger partial charge >= 0.3 is 5.69 Å². The van der Waals surface area contributed by atoms with Crippen LogP contribution in [0.15, 0.2) is 23.0 Å². The van der Waals surface area contributed by atoms with Crippen molar-refractivity contribution in [1.82, 2.24) is 14.9 Å². The first-order chi connectivity index (χ1) is 16.6. The summed E-state index contributed by atoms with van der Waals surface area (Å²) in [5.74, 6) is 2.07. The molecule has 0 spiro atoms. The summed E-state index contributed by atoms with van der Waals surface area (Å²) in [5, 5.41) is 6.29. The molecule has 1 aromatic carbocycles. The predicted molar refractivity (Wildman–Crippen MR) is 135 cm³/mol. The van der Waals surface area contributed by atoms with E-state index in [0.29, 0.717) is 36.8 Å². The van der Waals surface area contributed by atoms with Gasteiger partial charge in [-0.05, 0) is 49.8 Å². The number of nitrogens with one attached hydrogen (secondary N) is 2. The number of carbonyl (C=O) groups is 1. The van der Waals surface area contributed by atoms with Gasteiger partial charge in [-0.1, -0.05) is 26.2 Å². The Balaban J connectivity index is 1.49. The maximum absolute atomic E-state index is 12.6. The third-order valence-corrected chi connectivity index (χ3v) is 6.24. The van der Waals surface area contributed by atoms with E-state index < -0.39 is 0 Å². The number of unbranched alkanes of at least 4 members (excludes halogenated alkanes) is 5. The van der Waals surface area contributed by atoms with Crippen molar-refractivity contribution in [1.29, 1.82) is 0 Å². The van der Waals surface area contributed by atoms with E-state index in [1.165, 1.54) is 12.8 Å². The number of nitrogens with zero attached hydrogens (tertiary/aromatic N) is 2. The molecule has 0 unspecified atom stereocenters. The van der Waals surface area contributed by atoms with Crippen LogP contribution in [0.2, 0.25) is 0 Å². The summed E-state index contributed by atoms with van der Waals surface area (Å²) in [5.41, 5.74) is 2.69. The molecule has 0 bridgehead atoms. The highest BCUT2D eigenvalue weighted by Gasteiger charge is 2.21. The van der Waals surface area contributed by atoms with E-state index >= 15 is 0 Å². The molecule has 0 saturated carbocycles. The molecule has 2 N–H and O–H groups in total. The molecule has 1 amide bonds. The van der Waals surface area contributed by atoms with Gasteiger partial charge in [-0.2, -0.15) is 4.98 Å². The number of carbonyl (C=O) groups excluding carboxylic acids is 1. The van der Waals surface area contributed by atoms with Gasteiger partial charge in [0.25, 0.3) is 0 Å². The maximum atomic E-state index is 12.6. The van der Waals surface area contributed by atoms with Crippen LogP contribution in [0.4, 0.5) is 5.82 Å². The van der Waals surface area contributed by atoms with Gasteiger partial charge in [-0.25, -0.2) is 4.79 Å². The second-order valence-electron chi connectivity index (χ2n) is 8.72. The molecule has 1 aromatic heterocycles. The van der Waals surface area contributed by atoms with Gasteiger partial charge in [-0.3, -0.25) is 9.36 Å². The first kappa shape index (κ1) is 25.6. The van der Waals surface area contributed by atoms with Gasteiger partial charge in [0.15, 0.2) is 11.5 Å². The summed E-state index contributed by atoms with van der Waals surface area (Å²) in [6, 6.07) is 5.85. The van der Waals surface area contributed by atoms with E-state index in [1.807, 2.05) is 18.2 Å². The van der Waals surface area contributed by atoms with E-state index in [0.717, 1.165) is 61.9 Å². The van der Waals surface area contributed by atoms with Gasteiger partial charge in [0.05, 0.1) is 19.9 Å². The van der Waals surface area contributed by atoms with Crippen LogP contribution in [0.5, 0.6) is 11.5 Å². The second-order valence-corrected chi connectivity index (χ2v) is 8.72. The maximum Gasteiger partial charge on any atom is 0.349 e. The second kappa shape index (κ2) is 13.0. The largest absolute Gasteiger partial charge is 0.493 e. The topological polar surface area (TPSA) is 94.5 Å². The molecule has 0 fully saturated rings. The molecule has 2 heterocycles. The number of hydrogen-bond acceptors (Lipinski definition) is 6. The number of amides is 1. The third-order valence-electron chi connectivity index (χ3n) is 6.24. The van der Waals surface area contributed by atoms with Crippen LogP contribution >= 0.6 is 0 Å². The van der Waals surface area contributed by atoms with E-state index in [2.05, 4.69) is 22.5 Å². The van der Waals surface area contributed by atoms with E-state index in [1.54, 1.807) is 18.8 Å². The molecular formula is C26H38N4O4. The van der Waals surface area contributed by atoms with Crippen LogP contribution in [0.25, 0.3) is 11.3 Å². The van der Waals surface area contributed by atoms with Gasteiger partial charge in [0, 0.05) is 37.7 Å². The van der Waals surface area contributed by atoms with Crippen LogP contribution in [-0.4, -0.2) is 42.8 Å². The highest BCUT2D eigenvalue weighted by Crippen LogP contribution is 2.38. The summed E-state index contributed by atoms with van der Waals surface area (Å²) in [4.78, 5) is 28.7. The fourth-order valence-electron chi connectivity index (χ4n) is 4.31. The number of ether oxygens (including phenoxy) is 2. The van der Waals surface area contributed by atoms with Crippen molar-refractivity contribution in [3.05, 3.63) is 34.2 Å². The number of hydrogen-bond donors (Lipinski definition) is 2. The predicted octanol–water partition coefficient (Wildman–Crippen LogP) is 4.15. The molecule has 186 valence electrons. The SMILES string of the molecule is CCCCCCC(=O)NCCCCCNc1cc2n(c(=O)n1)CCc1cc(OC)c(OC)cc1-2. The van der Waals surface area contributed by atoms with E-state index in [-0.39, 0.29) is 11.6 Å². The smallest absolute Gasteiger partial charge is 0.349 e. The lowest BCUT2D eigenvalue weighted by Gasteiger charge is -2.23. The van der Waals surface area contributed by atoms with Gasteiger partial charge in [0.1, 0.15) is 5.82 Å². The number of anilines is 1. The Morgan fingerprint density at radius 2 is 1.74 bits per heavy atom. The molecule has 8 heteroatoms. The molecule has 8 nitrogen and oxygen atoms in total. The Morgan fingerprint density at radius 3 is 2.50 bits per heavy atom. The summed E-state index contributed by atoms with van der Waals surface area (Å²) < 4.78 is 12.6. The molecule has 0 aliphatic carbocycles. The van der Waals surface area contributed by atoms with Crippen molar-refractivity contribution in [3.8, 4) is 22.8 Å². The number of fused-ring (bicyclic) bond motifs is 3. The molecule has 1 aliphatic heterocycles. The standard InChI is InChI=1S/C26H38N4O4/c1-4-5-6-8-11-25(31)28-14-10-7-9-13-27-24-18-21-20-17-23(34-3)22(33-2)16-19(20)12-15-30(21)26(32)29-24/h16-18H,4-15H2,1-3H3,(H,28,31)(H,27,29,32). The summed E-state index contributed by atoms with van der Waals surface area (Å²) in [6.45, 7) is 4.20. The van der Waals surface area contributed by atoms with Crippen molar-refractivity contribution >= 4 is 11.7 Å². The van der Waals surface area contributed by atoms with Crippen LogP contribution < -0.4 is 25.8 Å². The van der Waals surface area contributed by atoms with Crippen molar-refractivity contribution in [2.75, 3.05) is 32.6 Å². The molecule has 0 radical (unpaired) electrons. The normalized spacial score (nSPS) is 12.0. The molecule has 34 heavy (non-hydrogen) atoms. The van der Waals surface area contributed by atoms with Gasteiger partial charge in [-0.15, -0.1) is 0 Å². The Morgan fingerprint density at radius 1 is 1.00 bits per heavy atom. The van der Waals surface area contributed by atoms with E-state index in [9.17, 15) is 9.59 Å². The lowest BCUT2D eigenvalue weighted by molar-refractivity contribution is -0.121. The summed E-state index contributed by atoms with van der Waals surface area (Å²) in [6.07, 6.45) is 8.73. The Hall–Kier alpha value is -3.03. The fourth-order valence-corrected chi connectivity index (χ4v) is 4.31. The lowest BCUT2D eigenvalue weighted by Crippen LogP contribution is -2.29. The Bertz CT molecular complexity index is 1020. The summed E-state index contributed by atoms with van der Waals surface area (Å²) in [7, 11) is 3.23. The minimum atomic E-state index is -0.248. The zero-order valence-electron chi connectivity index (χ0n) is 20.7. The van der Waals surface area contributed by atoms with Crippen molar-refractivity contribution in [2.24, 2.45) is 0 Å². The number of aromatic nitrogens is 2. The molecule has 0 saturated heterocycles. The zero-order valence-corrected chi connectivity index (χ0v) is 20.7. The van der Waals surface area contributed by atoms with Gasteiger partial charge in [0.2, 0.25) is 5.91 Å². The first-order valence-corrected chi connectivity index (χ1v) is 12.4. The molecule has 2 aromatic rings. The average Bonchev–Trinajstić information content (AvgIpc) is 2.85. The minimum Gasteiger partial charge on any atom is -0.493 e. The van der Waals surface area contributed by atoms with Crippen molar-refractivity contribution in [2.45, 2.75) is 71.3 Å². The summed E-state index contributed by atoms with van der Waals surface area (Å²) >= 11 is 0. The first-order valence-electron chi connectivity index (χ1n) is 12.4. The lowest BCUT2D eigenvalue weighted by atomic mass is 9.97. The molecule has 1 aliphatic rings. The third kappa shape index (κ3) is 6.74. The average molecular weight is 471 g/mol. The Labute approximate surface area is 202 Å². The monoisotopic (exact) mass is 470 g/mol. The highest BCUT2D eigenvalue weighted by atomic mass is 16.5. The van der Waals surface area contributed by atoms with Crippen LogP contribution in [-0.2, 0) is 17.8 Å². The number of aryl methyl sites for hydroxylation is 1. The number of rotatable bonds is 14. The van der Waals surface area contributed by atoms with Crippen LogP contribution in [0, 0.1) is 0 Å². The Kier molecular flexibility index (Phi) is 9.79. The zero-order chi connectivity index (χ0) is 24.3. The van der Waals surface area contributed by atoms with Crippen LogP contribution in [0.1, 0.15) is 63.9 Å². The molecule has 0 atom stereocenters. The molecule has 3 rings (SSSR count). The van der Waals surface area contributed by atoms with Crippen LogP contribution in [0.3, 0.4) is 0 Å². The van der Waals surface area contributed by atoms with Crippen molar-refractivity contribution in [3.63, 3.8) is 0 Å². The minimum absolute atomic E-state index is 0.155. The number of benzene rings is 1. The quantitative estimate of drug-likeness (QED) is 0.403. The highest BCUT2D eigenvalue weighted by molar-refractivity contribution is 5.75. The fraction of sp³-hybridized carbons (Fsp3) is 0.577. The number of methoxy groups -OCH3 is 2.